The number of nitrogens with zero attached hydrogens (tertiary/aromatic N) is 2. The molecule has 0 amide bonds. The number of ether oxygens (including phenoxy) is 2. The quantitative estimate of drug-likeness (QED) is 0.845. The molecule has 0 radical (unpaired) electrons. The van der Waals surface area contributed by atoms with Crippen LogP contribution in [0.2, 0.25) is 0 Å². The highest BCUT2D eigenvalue weighted by molar-refractivity contribution is 5.88. The molecule has 1 heterocycles. The topological polar surface area (TPSA) is 73.6 Å². The molecule has 0 saturated heterocycles. The van der Waals surface area contributed by atoms with Crippen molar-refractivity contribution in [3.8, 4) is 11.5 Å². The van der Waals surface area contributed by atoms with Crippen LogP contribution in [-0.4, -0.2) is 34.1 Å². The van der Waals surface area contributed by atoms with Crippen LogP contribution in [0.3, 0.4) is 0 Å². The number of aromatic carboxylic acids is 1. The van der Waals surface area contributed by atoms with Crippen LogP contribution in [0.25, 0.3) is 0 Å². The minimum atomic E-state index is -0.988. The zero-order chi connectivity index (χ0) is 15.2. The van der Waals surface area contributed by atoms with E-state index in [4.69, 9.17) is 14.6 Å². The average Bonchev–Trinajstić information content (AvgIpc) is 2.86. The van der Waals surface area contributed by atoms with Crippen LogP contribution in [0.15, 0.2) is 30.6 Å². The van der Waals surface area contributed by atoms with Crippen molar-refractivity contribution in [1.29, 1.82) is 0 Å². The predicted octanol–water partition coefficient (Wildman–Crippen LogP) is 2.14. The molecule has 1 aromatic carbocycles. The van der Waals surface area contributed by atoms with Crippen molar-refractivity contribution in [3.05, 3.63) is 41.7 Å². The lowest BCUT2D eigenvalue weighted by molar-refractivity contribution is 0.0696. The fraction of sp³-hybridized carbons (Fsp3) is 0.333. The molecule has 2 aromatic rings. The summed E-state index contributed by atoms with van der Waals surface area (Å²) in [6.07, 6.45) is 4.45. The molecule has 0 saturated carbocycles. The van der Waals surface area contributed by atoms with E-state index < -0.39 is 5.97 Å². The SMILES string of the molecule is CCOc1cc(C(=O)O)ccc1OCCc1cnn(C)c1. The Balaban J connectivity index is 2.02. The van der Waals surface area contributed by atoms with Gasteiger partial charge < -0.3 is 14.6 Å². The normalized spacial score (nSPS) is 10.4. The zero-order valence-electron chi connectivity index (χ0n) is 12.1. The second-order valence-corrected chi connectivity index (χ2v) is 4.52. The third-order valence-corrected chi connectivity index (χ3v) is 2.90. The Morgan fingerprint density at radius 1 is 1.33 bits per heavy atom. The molecule has 0 atom stereocenters. The Bertz CT molecular complexity index is 622. The number of hydrogen-bond acceptors (Lipinski definition) is 4. The summed E-state index contributed by atoms with van der Waals surface area (Å²) in [5, 5.41) is 13.1. The fourth-order valence-corrected chi connectivity index (χ4v) is 1.91. The minimum Gasteiger partial charge on any atom is -0.490 e. The first-order valence-corrected chi connectivity index (χ1v) is 6.70. The van der Waals surface area contributed by atoms with Gasteiger partial charge in [-0.05, 0) is 30.7 Å². The van der Waals surface area contributed by atoms with E-state index >= 15 is 0 Å². The van der Waals surface area contributed by atoms with Gasteiger partial charge in [0, 0.05) is 19.7 Å². The van der Waals surface area contributed by atoms with E-state index in [0.29, 0.717) is 24.7 Å². The average molecular weight is 290 g/mol. The van der Waals surface area contributed by atoms with Gasteiger partial charge in [-0.3, -0.25) is 4.68 Å². The maximum absolute atomic E-state index is 11.0. The fourth-order valence-electron chi connectivity index (χ4n) is 1.91. The lowest BCUT2D eigenvalue weighted by Crippen LogP contribution is -2.05. The van der Waals surface area contributed by atoms with Crippen molar-refractivity contribution in [2.45, 2.75) is 13.3 Å². The predicted molar refractivity (Wildman–Crippen MR) is 77.0 cm³/mol. The third kappa shape index (κ3) is 3.98. The largest absolute Gasteiger partial charge is 0.490 e. The molecule has 0 aliphatic rings. The molecular formula is C15H18N2O4. The van der Waals surface area contributed by atoms with E-state index in [1.54, 1.807) is 16.9 Å². The number of carbonyl (C=O) groups is 1. The van der Waals surface area contributed by atoms with Gasteiger partial charge in [0.1, 0.15) is 0 Å². The highest BCUT2D eigenvalue weighted by atomic mass is 16.5. The zero-order valence-corrected chi connectivity index (χ0v) is 12.1. The second-order valence-electron chi connectivity index (χ2n) is 4.52. The van der Waals surface area contributed by atoms with E-state index in [1.165, 1.54) is 12.1 Å². The Hall–Kier alpha value is -2.50. The van der Waals surface area contributed by atoms with Gasteiger partial charge in [0.05, 0.1) is 25.0 Å². The Kier molecular flexibility index (Phi) is 4.81. The van der Waals surface area contributed by atoms with Gasteiger partial charge in [-0.2, -0.15) is 5.10 Å². The standard InChI is InChI=1S/C15H18N2O4/c1-3-20-14-8-12(15(18)19)4-5-13(14)21-7-6-11-9-16-17(2)10-11/h4-5,8-10H,3,6-7H2,1-2H3,(H,18,19). The van der Waals surface area contributed by atoms with E-state index in [0.717, 1.165) is 12.0 Å². The number of aryl methyl sites for hydroxylation is 1. The third-order valence-electron chi connectivity index (χ3n) is 2.90. The summed E-state index contributed by atoms with van der Waals surface area (Å²) in [5.74, 6) is 0.00666. The molecule has 6 heteroatoms. The molecule has 2 rings (SSSR count). The summed E-state index contributed by atoms with van der Waals surface area (Å²) in [4.78, 5) is 11.0. The molecule has 0 aliphatic heterocycles. The first-order chi connectivity index (χ1) is 10.1. The van der Waals surface area contributed by atoms with Gasteiger partial charge in [-0.1, -0.05) is 0 Å². The van der Waals surface area contributed by atoms with Crippen molar-refractivity contribution in [3.63, 3.8) is 0 Å². The summed E-state index contributed by atoms with van der Waals surface area (Å²) in [6.45, 7) is 2.76. The molecule has 0 aliphatic carbocycles. The molecule has 0 fully saturated rings. The first-order valence-electron chi connectivity index (χ1n) is 6.70. The van der Waals surface area contributed by atoms with Crippen LogP contribution in [0.1, 0.15) is 22.8 Å². The summed E-state index contributed by atoms with van der Waals surface area (Å²) >= 11 is 0. The Morgan fingerprint density at radius 2 is 2.14 bits per heavy atom. The molecule has 1 aromatic heterocycles. The van der Waals surface area contributed by atoms with Crippen LogP contribution in [0.5, 0.6) is 11.5 Å². The van der Waals surface area contributed by atoms with Crippen LogP contribution < -0.4 is 9.47 Å². The monoisotopic (exact) mass is 290 g/mol. The van der Waals surface area contributed by atoms with Crippen molar-refractivity contribution in [2.75, 3.05) is 13.2 Å². The molecule has 112 valence electrons. The van der Waals surface area contributed by atoms with Gasteiger partial charge in [0.25, 0.3) is 0 Å². The van der Waals surface area contributed by atoms with E-state index in [9.17, 15) is 4.79 Å². The lowest BCUT2D eigenvalue weighted by atomic mass is 10.2. The van der Waals surface area contributed by atoms with E-state index in [-0.39, 0.29) is 5.56 Å². The van der Waals surface area contributed by atoms with Gasteiger partial charge >= 0.3 is 5.97 Å². The molecule has 0 spiro atoms. The molecule has 21 heavy (non-hydrogen) atoms. The van der Waals surface area contributed by atoms with E-state index in [1.807, 2.05) is 20.2 Å². The van der Waals surface area contributed by atoms with Gasteiger partial charge in [0.2, 0.25) is 0 Å². The van der Waals surface area contributed by atoms with Crippen molar-refractivity contribution >= 4 is 5.97 Å². The number of rotatable bonds is 7. The molecule has 0 unspecified atom stereocenters. The summed E-state index contributed by atoms with van der Waals surface area (Å²) in [5.41, 5.74) is 1.26. The number of aromatic nitrogens is 2. The first kappa shape index (κ1) is 14.9. The van der Waals surface area contributed by atoms with Crippen LogP contribution >= 0.6 is 0 Å². The number of carboxylic acids is 1. The summed E-state index contributed by atoms with van der Waals surface area (Å²) in [7, 11) is 1.86. The lowest BCUT2D eigenvalue weighted by Gasteiger charge is -2.12. The molecule has 0 bridgehead atoms. The second kappa shape index (κ2) is 6.78. The van der Waals surface area contributed by atoms with Crippen LogP contribution in [0, 0.1) is 0 Å². The maximum atomic E-state index is 11.0. The number of hydrogen-bond donors (Lipinski definition) is 1. The smallest absolute Gasteiger partial charge is 0.335 e. The van der Waals surface area contributed by atoms with Gasteiger partial charge in [-0.25, -0.2) is 4.79 Å². The van der Waals surface area contributed by atoms with Gasteiger partial charge in [0.15, 0.2) is 11.5 Å². The van der Waals surface area contributed by atoms with Gasteiger partial charge in [-0.15, -0.1) is 0 Å². The number of carboxylic acid groups (broad SMARTS) is 1. The summed E-state index contributed by atoms with van der Waals surface area (Å²) < 4.78 is 12.9. The molecular weight excluding hydrogens is 272 g/mol. The molecule has 6 nitrogen and oxygen atoms in total. The highest BCUT2D eigenvalue weighted by Crippen LogP contribution is 2.28. The summed E-state index contributed by atoms with van der Waals surface area (Å²) in [6, 6.07) is 4.60. The number of benzene rings is 1. The highest BCUT2D eigenvalue weighted by Gasteiger charge is 2.10. The van der Waals surface area contributed by atoms with Crippen molar-refractivity contribution in [2.24, 2.45) is 7.05 Å². The van der Waals surface area contributed by atoms with E-state index in [2.05, 4.69) is 5.10 Å². The van der Waals surface area contributed by atoms with Crippen molar-refractivity contribution < 1.29 is 19.4 Å². The van der Waals surface area contributed by atoms with Crippen molar-refractivity contribution in [1.82, 2.24) is 9.78 Å². The van der Waals surface area contributed by atoms with Crippen LogP contribution in [-0.2, 0) is 13.5 Å². The Morgan fingerprint density at radius 3 is 2.76 bits per heavy atom. The molecule has 1 N–H and O–H groups in total. The van der Waals surface area contributed by atoms with Crippen LogP contribution in [0.4, 0.5) is 0 Å². The maximum Gasteiger partial charge on any atom is 0.335 e. The Labute approximate surface area is 122 Å². The minimum absolute atomic E-state index is 0.179.